The Kier molecular flexibility index (Phi) is 3.64. The lowest BCUT2D eigenvalue weighted by atomic mass is 10.1. The molecule has 1 aliphatic rings. The first-order valence-electron chi connectivity index (χ1n) is 4.55. The minimum absolute atomic E-state index is 0.596. The molecule has 0 aromatic heterocycles. The van der Waals surface area contributed by atoms with Gasteiger partial charge in [-0.15, -0.1) is 0 Å². The first-order valence-corrected chi connectivity index (χ1v) is 4.55. The van der Waals surface area contributed by atoms with Crippen molar-refractivity contribution >= 4 is 0 Å². The van der Waals surface area contributed by atoms with Gasteiger partial charge >= 0.3 is 0 Å². The van der Waals surface area contributed by atoms with Crippen LogP contribution in [0.5, 0.6) is 0 Å². The number of rotatable bonds is 5. The van der Waals surface area contributed by atoms with Crippen LogP contribution in [0.1, 0.15) is 33.1 Å². The summed E-state index contributed by atoms with van der Waals surface area (Å²) in [6.07, 6.45) is 8.78. The molecule has 1 rings (SSSR count). The van der Waals surface area contributed by atoms with Crippen molar-refractivity contribution in [3.05, 3.63) is 12.2 Å². The Balaban J connectivity index is 1.87. The van der Waals surface area contributed by atoms with Gasteiger partial charge in [0.25, 0.3) is 0 Å². The quantitative estimate of drug-likeness (QED) is 0.438. The zero-order valence-electron chi connectivity index (χ0n) is 7.55. The first kappa shape index (κ1) is 8.79. The van der Waals surface area contributed by atoms with Gasteiger partial charge in [0, 0.05) is 0 Å². The van der Waals surface area contributed by atoms with Crippen molar-refractivity contribution < 1.29 is 4.74 Å². The highest BCUT2D eigenvalue weighted by atomic mass is 16.6. The predicted molar refractivity (Wildman–Crippen MR) is 47.6 cm³/mol. The second-order valence-corrected chi connectivity index (χ2v) is 3.63. The Labute approximate surface area is 69.4 Å². The minimum Gasteiger partial charge on any atom is -0.373 e. The van der Waals surface area contributed by atoms with Crippen molar-refractivity contribution in [2.24, 2.45) is 5.92 Å². The van der Waals surface area contributed by atoms with Crippen molar-refractivity contribution in [2.75, 3.05) is 6.61 Å². The molecule has 0 spiro atoms. The van der Waals surface area contributed by atoms with Crippen LogP contribution < -0.4 is 0 Å². The Morgan fingerprint density at radius 1 is 1.45 bits per heavy atom. The van der Waals surface area contributed by atoms with Gasteiger partial charge in [-0.05, 0) is 25.2 Å². The molecule has 0 aromatic rings. The van der Waals surface area contributed by atoms with E-state index >= 15 is 0 Å². The molecule has 1 unspecified atom stereocenters. The topological polar surface area (TPSA) is 12.5 Å². The highest BCUT2D eigenvalue weighted by Crippen LogP contribution is 2.15. The van der Waals surface area contributed by atoms with E-state index in [1.807, 2.05) is 0 Å². The summed E-state index contributed by atoms with van der Waals surface area (Å²) in [5.41, 5.74) is 0. The normalized spacial score (nSPS) is 23.4. The molecule has 1 aliphatic heterocycles. The van der Waals surface area contributed by atoms with E-state index < -0.39 is 0 Å². The largest absolute Gasteiger partial charge is 0.373 e. The van der Waals surface area contributed by atoms with Crippen LogP contribution in [-0.4, -0.2) is 12.7 Å². The fourth-order valence-electron chi connectivity index (χ4n) is 1.00. The van der Waals surface area contributed by atoms with E-state index in [4.69, 9.17) is 4.74 Å². The molecule has 64 valence electrons. The standard InChI is InChI=1S/C10H18O/c1-9(2)6-4-3-5-7-10-8-11-10/h3-4,9-10H,5-8H2,1-2H3. The summed E-state index contributed by atoms with van der Waals surface area (Å²) in [6, 6.07) is 0. The smallest absolute Gasteiger partial charge is 0.0812 e. The molecule has 0 aliphatic carbocycles. The van der Waals surface area contributed by atoms with Crippen molar-refractivity contribution in [3.8, 4) is 0 Å². The first-order chi connectivity index (χ1) is 5.29. The van der Waals surface area contributed by atoms with Crippen LogP contribution in [0.3, 0.4) is 0 Å². The van der Waals surface area contributed by atoms with Crippen LogP contribution >= 0.6 is 0 Å². The van der Waals surface area contributed by atoms with Gasteiger partial charge in [-0.25, -0.2) is 0 Å². The molecule has 1 heterocycles. The minimum atomic E-state index is 0.596. The van der Waals surface area contributed by atoms with E-state index in [1.165, 1.54) is 19.3 Å². The average molecular weight is 154 g/mol. The van der Waals surface area contributed by atoms with E-state index in [9.17, 15) is 0 Å². The second-order valence-electron chi connectivity index (χ2n) is 3.63. The van der Waals surface area contributed by atoms with Gasteiger partial charge < -0.3 is 4.74 Å². The SMILES string of the molecule is CC(C)CC=CCCC1CO1. The van der Waals surface area contributed by atoms with Crippen molar-refractivity contribution in [3.63, 3.8) is 0 Å². The summed E-state index contributed by atoms with van der Waals surface area (Å²) in [7, 11) is 0. The molecule has 0 aromatic carbocycles. The lowest BCUT2D eigenvalue weighted by Gasteiger charge is -1.95. The monoisotopic (exact) mass is 154 g/mol. The Hall–Kier alpha value is -0.300. The molecule has 0 bridgehead atoms. The third-order valence-corrected chi connectivity index (χ3v) is 1.83. The number of epoxide rings is 1. The molecule has 1 atom stereocenters. The number of ether oxygens (including phenoxy) is 1. The maximum atomic E-state index is 5.10. The molecular weight excluding hydrogens is 136 g/mol. The van der Waals surface area contributed by atoms with Crippen LogP contribution in [0.15, 0.2) is 12.2 Å². The Morgan fingerprint density at radius 2 is 2.18 bits per heavy atom. The van der Waals surface area contributed by atoms with E-state index in [0.29, 0.717) is 6.10 Å². The molecule has 1 saturated heterocycles. The fourth-order valence-corrected chi connectivity index (χ4v) is 1.00. The van der Waals surface area contributed by atoms with E-state index in [1.54, 1.807) is 0 Å². The summed E-state index contributed by atoms with van der Waals surface area (Å²) in [6.45, 7) is 5.49. The van der Waals surface area contributed by atoms with Gasteiger partial charge in [-0.1, -0.05) is 26.0 Å². The zero-order valence-corrected chi connectivity index (χ0v) is 7.55. The maximum Gasteiger partial charge on any atom is 0.0812 e. The highest BCUT2D eigenvalue weighted by Gasteiger charge is 2.20. The zero-order chi connectivity index (χ0) is 8.10. The summed E-state index contributed by atoms with van der Waals surface area (Å²) in [5.74, 6) is 0.795. The van der Waals surface area contributed by atoms with Crippen molar-refractivity contribution in [1.82, 2.24) is 0 Å². The summed E-state index contributed by atoms with van der Waals surface area (Å²) >= 11 is 0. The molecule has 1 fully saturated rings. The lowest BCUT2D eigenvalue weighted by molar-refractivity contribution is 0.398. The highest BCUT2D eigenvalue weighted by molar-refractivity contribution is 4.84. The second kappa shape index (κ2) is 4.55. The van der Waals surface area contributed by atoms with E-state index in [2.05, 4.69) is 26.0 Å². The fraction of sp³-hybridized carbons (Fsp3) is 0.800. The molecule has 1 nitrogen and oxygen atoms in total. The number of hydrogen-bond acceptors (Lipinski definition) is 1. The molecule has 0 radical (unpaired) electrons. The summed E-state index contributed by atoms with van der Waals surface area (Å²) in [4.78, 5) is 0. The Bertz CT molecular complexity index is 123. The van der Waals surface area contributed by atoms with Gasteiger partial charge in [0.15, 0.2) is 0 Å². The van der Waals surface area contributed by atoms with Crippen molar-refractivity contribution in [2.45, 2.75) is 39.2 Å². The average Bonchev–Trinajstić information content (AvgIpc) is 2.70. The van der Waals surface area contributed by atoms with Gasteiger partial charge in [-0.3, -0.25) is 0 Å². The van der Waals surface area contributed by atoms with Crippen LogP contribution in [0.2, 0.25) is 0 Å². The van der Waals surface area contributed by atoms with Gasteiger partial charge in [0.05, 0.1) is 12.7 Å². The summed E-state index contributed by atoms with van der Waals surface area (Å²) < 4.78 is 5.10. The van der Waals surface area contributed by atoms with Crippen LogP contribution in [0, 0.1) is 5.92 Å². The third kappa shape index (κ3) is 5.02. The van der Waals surface area contributed by atoms with Gasteiger partial charge in [0.2, 0.25) is 0 Å². The number of hydrogen-bond donors (Lipinski definition) is 0. The molecular formula is C10H18O. The molecule has 0 saturated carbocycles. The number of allylic oxidation sites excluding steroid dienone is 2. The van der Waals surface area contributed by atoms with Crippen LogP contribution in [-0.2, 0) is 4.74 Å². The molecule has 0 N–H and O–H groups in total. The predicted octanol–water partition coefficient (Wildman–Crippen LogP) is 2.77. The van der Waals surface area contributed by atoms with Crippen LogP contribution in [0.4, 0.5) is 0 Å². The van der Waals surface area contributed by atoms with E-state index in [0.717, 1.165) is 12.5 Å². The molecule has 1 heteroatoms. The van der Waals surface area contributed by atoms with Gasteiger partial charge in [0.1, 0.15) is 0 Å². The van der Waals surface area contributed by atoms with Gasteiger partial charge in [-0.2, -0.15) is 0 Å². The third-order valence-electron chi connectivity index (χ3n) is 1.83. The van der Waals surface area contributed by atoms with E-state index in [-0.39, 0.29) is 0 Å². The molecule has 0 amide bonds. The summed E-state index contributed by atoms with van der Waals surface area (Å²) in [5, 5.41) is 0. The Morgan fingerprint density at radius 3 is 2.73 bits per heavy atom. The lowest BCUT2D eigenvalue weighted by Crippen LogP contribution is -1.83. The van der Waals surface area contributed by atoms with Crippen LogP contribution in [0.25, 0.3) is 0 Å². The maximum absolute atomic E-state index is 5.10. The van der Waals surface area contributed by atoms with Crippen molar-refractivity contribution in [1.29, 1.82) is 0 Å². The molecule has 11 heavy (non-hydrogen) atoms.